The van der Waals surface area contributed by atoms with Crippen LogP contribution in [0.5, 0.6) is 0 Å². The Morgan fingerprint density at radius 2 is 2.21 bits per heavy atom. The fraction of sp³-hybridized carbons (Fsp3) is 0.286. The van der Waals surface area contributed by atoms with Crippen LogP contribution in [0.3, 0.4) is 0 Å². The SMILES string of the molecule is NC(=S)c1ccc2c(ccn2CC(=O)NC2CC2)c1. The normalized spacial score (nSPS) is 14.5. The Balaban J connectivity index is 1.83. The standard InChI is InChI=1S/C14H15N3OS/c15-14(19)10-1-4-12-9(7-10)5-6-17(12)8-13(18)16-11-2-3-11/h1,4-7,11H,2-3,8H2,(H2,15,19)(H,16,18). The Kier molecular flexibility index (Phi) is 2.98. The highest BCUT2D eigenvalue weighted by molar-refractivity contribution is 7.80. The number of aromatic nitrogens is 1. The number of hydrogen-bond donors (Lipinski definition) is 2. The van der Waals surface area contributed by atoms with Crippen molar-refractivity contribution in [2.45, 2.75) is 25.4 Å². The van der Waals surface area contributed by atoms with Crippen LogP contribution >= 0.6 is 12.2 Å². The molecule has 1 aliphatic carbocycles. The summed E-state index contributed by atoms with van der Waals surface area (Å²) in [5.74, 6) is 0.0680. The van der Waals surface area contributed by atoms with Crippen LogP contribution in [-0.4, -0.2) is 21.5 Å². The summed E-state index contributed by atoms with van der Waals surface area (Å²) in [6.07, 6.45) is 4.13. The summed E-state index contributed by atoms with van der Waals surface area (Å²) in [5, 5.41) is 4.03. The molecule has 0 aliphatic heterocycles. The van der Waals surface area contributed by atoms with Crippen LogP contribution in [-0.2, 0) is 11.3 Å². The first kappa shape index (κ1) is 12.2. The summed E-state index contributed by atoms with van der Waals surface area (Å²) in [5.41, 5.74) is 7.48. The molecule has 0 spiro atoms. The third-order valence-electron chi connectivity index (χ3n) is 3.31. The van der Waals surface area contributed by atoms with Gasteiger partial charge in [0.2, 0.25) is 5.91 Å². The van der Waals surface area contributed by atoms with Gasteiger partial charge < -0.3 is 15.6 Å². The van der Waals surface area contributed by atoms with E-state index in [-0.39, 0.29) is 5.91 Å². The van der Waals surface area contributed by atoms with Gasteiger partial charge in [-0.25, -0.2) is 0 Å². The van der Waals surface area contributed by atoms with Crippen LogP contribution < -0.4 is 11.1 Å². The molecule has 2 aromatic rings. The molecule has 1 amide bonds. The van der Waals surface area contributed by atoms with Crippen LogP contribution in [0.25, 0.3) is 10.9 Å². The molecule has 98 valence electrons. The van der Waals surface area contributed by atoms with Gasteiger partial charge in [-0.2, -0.15) is 0 Å². The first-order valence-electron chi connectivity index (χ1n) is 6.31. The Morgan fingerprint density at radius 1 is 1.42 bits per heavy atom. The summed E-state index contributed by atoms with van der Waals surface area (Å²) in [6.45, 7) is 0.354. The molecule has 0 saturated heterocycles. The van der Waals surface area contributed by atoms with E-state index in [2.05, 4.69) is 5.32 Å². The van der Waals surface area contributed by atoms with Gasteiger partial charge >= 0.3 is 0 Å². The molecule has 1 aliphatic rings. The van der Waals surface area contributed by atoms with Gasteiger partial charge in [0.25, 0.3) is 0 Å². The summed E-state index contributed by atoms with van der Waals surface area (Å²) in [4.78, 5) is 12.2. The lowest BCUT2D eigenvalue weighted by Gasteiger charge is -2.06. The molecule has 1 heterocycles. The van der Waals surface area contributed by atoms with E-state index in [1.807, 2.05) is 35.0 Å². The lowest BCUT2D eigenvalue weighted by molar-refractivity contribution is -0.121. The molecule has 1 saturated carbocycles. The van der Waals surface area contributed by atoms with Crippen molar-refractivity contribution in [2.75, 3.05) is 0 Å². The molecular formula is C14H15N3OS. The predicted molar refractivity (Wildman–Crippen MR) is 79.0 cm³/mol. The van der Waals surface area contributed by atoms with Crippen molar-refractivity contribution in [1.29, 1.82) is 0 Å². The zero-order valence-corrected chi connectivity index (χ0v) is 11.2. The second kappa shape index (κ2) is 4.66. The molecule has 3 rings (SSSR count). The second-order valence-electron chi connectivity index (χ2n) is 4.92. The average molecular weight is 273 g/mol. The predicted octanol–water partition coefficient (Wildman–Crippen LogP) is 1.55. The fourth-order valence-electron chi connectivity index (χ4n) is 2.15. The Labute approximate surface area is 116 Å². The zero-order chi connectivity index (χ0) is 13.4. The van der Waals surface area contributed by atoms with E-state index >= 15 is 0 Å². The number of carbonyl (C=O) groups excluding carboxylic acids is 1. The van der Waals surface area contributed by atoms with Crippen molar-refractivity contribution in [2.24, 2.45) is 5.73 Å². The van der Waals surface area contributed by atoms with Crippen molar-refractivity contribution in [3.05, 3.63) is 36.0 Å². The summed E-state index contributed by atoms with van der Waals surface area (Å²) < 4.78 is 1.94. The maximum absolute atomic E-state index is 11.8. The van der Waals surface area contributed by atoms with E-state index in [0.29, 0.717) is 17.6 Å². The highest BCUT2D eigenvalue weighted by Gasteiger charge is 2.23. The monoisotopic (exact) mass is 273 g/mol. The van der Waals surface area contributed by atoms with Gasteiger partial charge in [-0.05, 0) is 37.1 Å². The van der Waals surface area contributed by atoms with Gasteiger partial charge in [0.1, 0.15) is 11.5 Å². The maximum Gasteiger partial charge on any atom is 0.240 e. The molecule has 3 N–H and O–H groups in total. The Morgan fingerprint density at radius 3 is 2.89 bits per heavy atom. The number of rotatable bonds is 4. The topological polar surface area (TPSA) is 60.0 Å². The number of nitrogens with one attached hydrogen (secondary N) is 1. The minimum absolute atomic E-state index is 0.0680. The van der Waals surface area contributed by atoms with Gasteiger partial charge in [0.05, 0.1) is 0 Å². The number of nitrogens with zero attached hydrogens (tertiary/aromatic N) is 1. The molecule has 0 unspecified atom stereocenters. The molecular weight excluding hydrogens is 258 g/mol. The highest BCUT2D eigenvalue weighted by Crippen LogP contribution is 2.20. The van der Waals surface area contributed by atoms with E-state index < -0.39 is 0 Å². The molecule has 0 atom stereocenters. The molecule has 0 radical (unpaired) electrons. The lowest BCUT2D eigenvalue weighted by atomic mass is 10.1. The Bertz CT molecular complexity index is 658. The number of thiocarbonyl (C=S) groups is 1. The second-order valence-corrected chi connectivity index (χ2v) is 5.36. The maximum atomic E-state index is 11.8. The largest absolute Gasteiger partial charge is 0.389 e. The molecule has 1 fully saturated rings. The smallest absolute Gasteiger partial charge is 0.240 e. The van der Waals surface area contributed by atoms with Crippen molar-refractivity contribution >= 4 is 34.0 Å². The molecule has 0 bridgehead atoms. The van der Waals surface area contributed by atoms with Crippen LogP contribution in [0.4, 0.5) is 0 Å². The van der Waals surface area contributed by atoms with E-state index in [1.54, 1.807) is 0 Å². The zero-order valence-electron chi connectivity index (χ0n) is 10.4. The van der Waals surface area contributed by atoms with Crippen molar-refractivity contribution < 1.29 is 4.79 Å². The van der Waals surface area contributed by atoms with E-state index in [0.717, 1.165) is 29.3 Å². The highest BCUT2D eigenvalue weighted by atomic mass is 32.1. The van der Waals surface area contributed by atoms with Gasteiger partial charge in [-0.15, -0.1) is 0 Å². The van der Waals surface area contributed by atoms with E-state index in [4.69, 9.17) is 18.0 Å². The summed E-state index contributed by atoms with van der Waals surface area (Å²) in [6, 6.07) is 8.17. The van der Waals surface area contributed by atoms with Crippen LogP contribution in [0.2, 0.25) is 0 Å². The Hall–Kier alpha value is -1.88. The van der Waals surface area contributed by atoms with Crippen molar-refractivity contribution in [1.82, 2.24) is 9.88 Å². The number of benzene rings is 1. The fourth-order valence-corrected chi connectivity index (χ4v) is 2.27. The van der Waals surface area contributed by atoms with Crippen molar-refractivity contribution in [3.8, 4) is 0 Å². The quantitative estimate of drug-likeness (QED) is 0.831. The van der Waals surface area contributed by atoms with E-state index in [9.17, 15) is 4.79 Å². The molecule has 1 aromatic heterocycles. The molecule has 5 heteroatoms. The number of carbonyl (C=O) groups is 1. The summed E-state index contributed by atoms with van der Waals surface area (Å²) in [7, 11) is 0. The summed E-state index contributed by atoms with van der Waals surface area (Å²) >= 11 is 4.96. The average Bonchev–Trinajstić information content (AvgIpc) is 3.09. The van der Waals surface area contributed by atoms with Crippen LogP contribution in [0, 0.1) is 0 Å². The third-order valence-corrected chi connectivity index (χ3v) is 3.55. The third kappa shape index (κ3) is 2.61. The van der Waals surface area contributed by atoms with Crippen LogP contribution in [0.15, 0.2) is 30.5 Å². The van der Waals surface area contributed by atoms with Crippen molar-refractivity contribution in [3.63, 3.8) is 0 Å². The van der Waals surface area contributed by atoms with E-state index in [1.165, 1.54) is 0 Å². The van der Waals surface area contributed by atoms with Gasteiger partial charge in [0.15, 0.2) is 0 Å². The number of nitrogens with two attached hydrogens (primary N) is 1. The van der Waals surface area contributed by atoms with Crippen LogP contribution in [0.1, 0.15) is 18.4 Å². The number of amides is 1. The first-order valence-corrected chi connectivity index (χ1v) is 6.72. The number of hydrogen-bond acceptors (Lipinski definition) is 2. The van der Waals surface area contributed by atoms with Gasteiger partial charge in [-0.3, -0.25) is 4.79 Å². The minimum Gasteiger partial charge on any atom is -0.389 e. The molecule has 19 heavy (non-hydrogen) atoms. The number of fused-ring (bicyclic) bond motifs is 1. The van der Waals surface area contributed by atoms with Gasteiger partial charge in [-0.1, -0.05) is 12.2 Å². The molecule has 4 nitrogen and oxygen atoms in total. The first-order chi connectivity index (χ1) is 9.13. The van der Waals surface area contributed by atoms with Gasteiger partial charge in [0, 0.05) is 28.7 Å². The molecule has 1 aromatic carbocycles. The lowest BCUT2D eigenvalue weighted by Crippen LogP contribution is -2.29. The minimum atomic E-state index is 0.0680.